The van der Waals surface area contributed by atoms with Gasteiger partial charge in [0.15, 0.2) is 0 Å². The molecule has 2 aromatic rings. The normalized spacial score (nSPS) is 16.9. The zero-order valence-electron chi connectivity index (χ0n) is 15.1. The van der Waals surface area contributed by atoms with Crippen molar-refractivity contribution in [2.24, 2.45) is 5.92 Å². The van der Waals surface area contributed by atoms with Crippen LogP contribution in [0.3, 0.4) is 0 Å². The topological polar surface area (TPSA) is 58.6 Å². The van der Waals surface area contributed by atoms with Crippen molar-refractivity contribution < 1.29 is 27.5 Å². The van der Waals surface area contributed by atoms with Crippen molar-refractivity contribution in [1.82, 2.24) is 5.32 Å². The quantitative estimate of drug-likeness (QED) is 0.849. The van der Waals surface area contributed by atoms with Gasteiger partial charge in [-0.3, -0.25) is 9.59 Å². The molecule has 2 amide bonds. The van der Waals surface area contributed by atoms with Gasteiger partial charge in [0.25, 0.3) is 0 Å². The number of amides is 2. The Bertz CT molecular complexity index is 866. The van der Waals surface area contributed by atoms with E-state index in [9.17, 15) is 22.8 Å². The third-order valence-corrected chi connectivity index (χ3v) is 4.66. The number of rotatable bonds is 5. The first-order valence-electron chi connectivity index (χ1n) is 8.67. The highest BCUT2D eigenvalue weighted by molar-refractivity contribution is 6.00. The van der Waals surface area contributed by atoms with Crippen LogP contribution in [0.2, 0.25) is 0 Å². The molecule has 0 radical (unpaired) electrons. The van der Waals surface area contributed by atoms with E-state index in [-0.39, 0.29) is 31.0 Å². The highest BCUT2D eigenvalue weighted by atomic mass is 19.4. The Kier molecular flexibility index (Phi) is 5.58. The molecule has 5 nitrogen and oxygen atoms in total. The smallest absolute Gasteiger partial charge is 0.416 e. The van der Waals surface area contributed by atoms with E-state index in [1.54, 1.807) is 24.3 Å². The second-order valence-electron chi connectivity index (χ2n) is 6.48. The lowest BCUT2D eigenvalue weighted by molar-refractivity contribution is -0.138. The molecule has 3 rings (SSSR count). The lowest BCUT2D eigenvalue weighted by Gasteiger charge is -2.17. The van der Waals surface area contributed by atoms with Crippen LogP contribution >= 0.6 is 0 Å². The molecule has 2 aromatic carbocycles. The van der Waals surface area contributed by atoms with Crippen LogP contribution < -0.4 is 15.0 Å². The van der Waals surface area contributed by atoms with Crippen molar-refractivity contribution >= 4 is 17.5 Å². The number of nitrogens with one attached hydrogen (secondary N) is 1. The average molecular weight is 392 g/mol. The monoisotopic (exact) mass is 392 g/mol. The summed E-state index contributed by atoms with van der Waals surface area (Å²) in [6, 6.07) is 12.0. The van der Waals surface area contributed by atoms with E-state index in [0.717, 1.165) is 6.07 Å². The van der Waals surface area contributed by atoms with Gasteiger partial charge in [-0.05, 0) is 35.9 Å². The molecule has 1 atom stereocenters. The van der Waals surface area contributed by atoms with Crippen LogP contribution in [-0.4, -0.2) is 25.5 Å². The number of halogens is 3. The number of benzene rings is 2. The molecule has 1 unspecified atom stereocenters. The van der Waals surface area contributed by atoms with Gasteiger partial charge < -0.3 is 15.0 Å². The standard InChI is InChI=1S/C20H19F3N2O3/c1-28-16-8-6-15(7-9-16)25-12-14(10-18(25)26)19(27)24-11-13-4-2-3-5-17(13)20(21,22)23/h2-9,14H,10-12H2,1H3,(H,24,27). The fourth-order valence-corrected chi connectivity index (χ4v) is 3.17. The molecule has 0 saturated carbocycles. The van der Waals surface area contributed by atoms with Crippen LogP contribution in [0.25, 0.3) is 0 Å². The summed E-state index contributed by atoms with van der Waals surface area (Å²) < 4.78 is 44.2. The van der Waals surface area contributed by atoms with Crippen LogP contribution in [0.15, 0.2) is 48.5 Å². The van der Waals surface area contributed by atoms with Crippen molar-refractivity contribution in [2.75, 3.05) is 18.6 Å². The van der Waals surface area contributed by atoms with Gasteiger partial charge in [0.05, 0.1) is 18.6 Å². The zero-order chi connectivity index (χ0) is 20.3. The molecule has 1 N–H and O–H groups in total. The maximum Gasteiger partial charge on any atom is 0.416 e. The van der Waals surface area contributed by atoms with Crippen LogP contribution in [0.5, 0.6) is 5.75 Å². The number of nitrogens with zero attached hydrogens (tertiary/aromatic N) is 1. The van der Waals surface area contributed by atoms with Gasteiger partial charge >= 0.3 is 6.18 Å². The lowest BCUT2D eigenvalue weighted by Crippen LogP contribution is -2.33. The first-order valence-corrected chi connectivity index (χ1v) is 8.67. The summed E-state index contributed by atoms with van der Waals surface area (Å²) >= 11 is 0. The summed E-state index contributed by atoms with van der Waals surface area (Å²) in [7, 11) is 1.54. The minimum absolute atomic E-state index is 0.0127. The van der Waals surface area contributed by atoms with Gasteiger partial charge in [-0.15, -0.1) is 0 Å². The van der Waals surface area contributed by atoms with E-state index in [4.69, 9.17) is 4.74 Å². The zero-order valence-corrected chi connectivity index (χ0v) is 15.1. The van der Waals surface area contributed by atoms with Crippen LogP contribution in [0.4, 0.5) is 18.9 Å². The maximum absolute atomic E-state index is 13.0. The number of hydrogen-bond acceptors (Lipinski definition) is 3. The summed E-state index contributed by atoms with van der Waals surface area (Å²) in [6.45, 7) is -0.0698. The van der Waals surface area contributed by atoms with Gasteiger partial charge in [-0.25, -0.2) is 0 Å². The number of hydrogen-bond donors (Lipinski definition) is 1. The minimum Gasteiger partial charge on any atom is -0.497 e. The molecule has 28 heavy (non-hydrogen) atoms. The summed E-state index contributed by atoms with van der Waals surface area (Å²) in [6.07, 6.45) is -4.48. The largest absolute Gasteiger partial charge is 0.497 e. The number of carbonyl (C=O) groups is 2. The van der Waals surface area contributed by atoms with E-state index < -0.39 is 23.6 Å². The second-order valence-corrected chi connectivity index (χ2v) is 6.48. The molecule has 1 aliphatic heterocycles. The number of anilines is 1. The van der Waals surface area contributed by atoms with E-state index in [1.807, 2.05) is 0 Å². The van der Waals surface area contributed by atoms with E-state index in [1.165, 1.54) is 30.2 Å². The maximum atomic E-state index is 13.0. The molecule has 0 aliphatic carbocycles. The van der Waals surface area contributed by atoms with Crippen molar-refractivity contribution in [2.45, 2.75) is 19.1 Å². The SMILES string of the molecule is COc1ccc(N2CC(C(=O)NCc3ccccc3C(F)(F)F)CC2=O)cc1. The van der Waals surface area contributed by atoms with Crippen molar-refractivity contribution in [3.8, 4) is 5.75 Å². The fourth-order valence-electron chi connectivity index (χ4n) is 3.17. The minimum atomic E-state index is -4.49. The third-order valence-electron chi connectivity index (χ3n) is 4.66. The summed E-state index contributed by atoms with van der Waals surface area (Å²) in [5.74, 6) is -0.622. The fraction of sp³-hybridized carbons (Fsp3) is 0.300. The van der Waals surface area contributed by atoms with Crippen molar-refractivity contribution in [1.29, 1.82) is 0 Å². The molecule has 1 heterocycles. The molecule has 8 heteroatoms. The number of ether oxygens (including phenoxy) is 1. The molecule has 0 bridgehead atoms. The van der Waals surface area contributed by atoms with Crippen molar-refractivity contribution in [3.05, 3.63) is 59.7 Å². The third kappa shape index (κ3) is 4.27. The Morgan fingerprint density at radius 3 is 2.50 bits per heavy atom. The van der Waals surface area contributed by atoms with Gasteiger partial charge in [0.2, 0.25) is 11.8 Å². The predicted molar refractivity (Wildman–Crippen MR) is 96.7 cm³/mol. The first-order chi connectivity index (χ1) is 13.3. The summed E-state index contributed by atoms with van der Waals surface area (Å²) in [4.78, 5) is 26.2. The van der Waals surface area contributed by atoms with Gasteiger partial charge in [0.1, 0.15) is 5.75 Å². The Morgan fingerprint density at radius 2 is 1.86 bits per heavy atom. The van der Waals surface area contributed by atoms with Crippen LogP contribution in [0.1, 0.15) is 17.5 Å². The van der Waals surface area contributed by atoms with E-state index in [0.29, 0.717) is 11.4 Å². The highest BCUT2D eigenvalue weighted by Crippen LogP contribution is 2.32. The second kappa shape index (κ2) is 7.92. The predicted octanol–water partition coefficient (Wildman–Crippen LogP) is 3.38. The molecule has 0 aromatic heterocycles. The molecular weight excluding hydrogens is 373 g/mol. The summed E-state index contributed by atoms with van der Waals surface area (Å²) in [5.41, 5.74) is -0.152. The number of alkyl halides is 3. The van der Waals surface area contributed by atoms with E-state index >= 15 is 0 Å². The lowest BCUT2D eigenvalue weighted by atomic mass is 10.1. The molecular formula is C20H19F3N2O3. The van der Waals surface area contributed by atoms with Crippen LogP contribution in [-0.2, 0) is 22.3 Å². The number of methoxy groups -OCH3 is 1. The highest BCUT2D eigenvalue weighted by Gasteiger charge is 2.36. The van der Waals surface area contributed by atoms with Gasteiger partial charge in [0, 0.05) is 25.2 Å². The molecule has 1 saturated heterocycles. The van der Waals surface area contributed by atoms with Crippen molar-refractivity contribution in [3.63, 3.8) is 0 Å². The van der Waals surface area contributed by atoms with Gasteiger partial charge in [-0.1, -0.05) is 18.2 Å². The molecule has 1 aliphatic rings. The molecule has 1 fully saturated rings. The Morgan fingerprint density at radius 1 is 1.18 bits per heavy atom. The van der Waals surface area contributed by atoms with Gasteiger partial charge in [-0.2, -0.15) is 13.2 Å². The Labute approximate surface area is 160 Å². The number of carbonyl (C=O) groups excluding carboxylic acids is 2. The first kappa shape index (κ1) is 19.7. The van der Waals surface area contributed by atoms with E-state index in [2.05, 4.69) is 5.32 Å². The molecule has 0 spiro atoms. The Hall–Kier alpha value is -3.03. The van der Waals surface area contributed by atoms with Crippen LogP contribution in [0, 0.1) is 5.92 Å². The average Bonchev–Trinajstić information content (AvgIpc) is 3.07. The Balaban J connectivity index is 1.64. The summed E-state index contributed by atoms with van der Waals surface area (Å²) in [5, 5.41) is 2.53. The molecule has 148 valence electrons.